The van der Waals surface area contributed by atoms with Gasteiger partial charge in [-0.1, -0.05) is 72.6 Å². The fraction of sp³-hybridized carbons (Fsp3) is 0.240. The molecule has 0 radical (unpaired) electrons. The largest absolute Gasteiger partial charge is 0.772 e. The predicted octanol–water partition coefficient (Wildman–Crippen LogP) is 2.44. The molecular weight excluding hydrogens is 452 g/mol. The second kappa shape index (κ2) is 12.4. The minimum absolute atomic E-state index is 0.0748. The van der Waals surface area contributed by atoms with E-state index in [2.05, 4.69) is 5.43 Å². The highest BCUT2D eigenvalue weighted by atomic mass is 32.2. The molecule has 0 aromatic heterocycles. The topological polar surface area (TPSA) is 122 Å². The van der Waals surface area contributed by atoms with E-state index in [9.17, 15) is 18.7 Å². The van der Waals surface area contributed by atoms with Gasteiger partial charge in [-0.25, -0.2) is 5.84 Å². The summed E-state index contributed by atoms with van der Waals surface area (Å²) < 4.78 is 22.2. The molecule has 2 atom stereocenters. The number of rotatable bonds is 11. The van der Waals surface area contributed by atoms with Crippen LogP contribution in [0.25, 0.3) is 11.1 Å². The number of aliphatic hydroxyl groups excluding tert-OH is 1. The minimum atomic E-state index is -2.20. The quantitative estimate of drug-likeness (QED) is 0.126. The van der Waals surface area contributed by atoms with Gasteiger partial charge < -0.3 is 14.6 Å². The molecule has 0 bridgehead atoms. The first-order valence-corrected chi connectivity index (χ1v) is 12.2. The number of aliphatic hydroxyl groups is 1. The second-order valence-electron chi connectivity index (χ2n) is 7.69. The maximum Gasteiger partial charge on any atom is 0.265 e. The van der Waals surface area contributed by atoms with Gasteiger partial charge in [0.05, 0.1) is 0 Å². The average Bonchev–Trinajstić information content (AvgIpc) is 2.88. The fourth-order valence-electron chi connectivity index (χ4n) is 3.65. The molecule has 3 aromatic rings. The fourth-order valence-corrected chi connectivity index (χ4v) is 4.03. The Morgan fingerprint density at radius 3 is 2.21 bits per heavy atom. The molecule has 3 aromatic carbocycles. The summed E-state index contributed by atoms with van der Waals surface area (Å²) in [6.07, 6.45) is -1.05. The Morgan fingerprint density at radius 1 is 1.03 bits per heavy atom. The lowest BCUT2D eigenvalue weighted by atomic mass is 10.1. The lowest BCUT2D eigenvalue weighted by Crippen LogP contribution is -2.49. The first-order valence-electron chi connectivity index (χ1n) is 10.9. The number of hydrazine groups is 1. The second-order valence-corrected chi connectivity index (χ2v) is 8.71. The van der Waals surface area contributed by atoms with Gasteiger partial charge in [-0.05, 0) is 47.5 Å². The molecule has 34 heavy (non-hydrogen) atoms. The Kier molecular flexibility index (Phi) is 9.32. The maximum atomic E-state index is 11.7. The summed E-state index contributed by atoms with van der Waals surface area (Å²) >= 11 is -2.20. The van der Waals surface area contributed by atoms with E-state index in [1.54, 1.807) is 34.1 Å². The number of carbonyl (C=O) groups excluding carboxylic acids is 1. The van der Waals surface area contributed by atoms with Gasteiger partial charge >= 0.3 is 0 Å². The minimum Gasteiger partial charge on any atom is -0.772 e. The van der Waals surface area contributed by atoms with E-state index >= 15 is 0 Å². The Balaban J connectivity index is 1.89. The smallest absolute Gasteiger partial charge is 0.265 e. The van der Waals surface area contributed by atoms with Crippen molar-refractivity contribution in [2.24, 2.45) is 5.84 Å². The molecule has 0 aliphatic rings. The molecule has 0 aliphatic heterocycles. The average molecular weight is 482 g/mol. The van der Waals surface area contributed by atoms with Gasteiger partial charge in [0, 0.05) is 30.1 Å². The molecule has 0 aliphatic carbocycles. The molecule has 2 unspecified atom stereocenters. The van der Waals surface area contributed by atoms with Gasteiger partial charge in [-0.15, -0.1) is 0 Å². The zero-order valence-electron chi connectivity index (χ0n) is 19.0. The number of benzene rings is 3. The van der Waals surface area contributed by atoms with Crippen LogP contribution in [0.15, 0.2) is 78.9 Å². The molecule has 1 amide bonds. The van der Waals surface area contributed by atoms with E-state index < -0.39 is 17.4 Å². The molecule has 0 heterocycles. The van der Waals surface area contributed by atoms with Gasteiger partial charge in [-0.2, -0.15) is 0 Å². The summed E-state index contributed by atoms with van der Waals surface area (Å²) in [6.45, 7) is 2.87. The number of hydrogen-bond donors (Lipinski definition) is 3. The van der Waals surface area contributed by atoms with Crippen LogP contribution in [-0.2, 0) is 17.6 Å². The number of nitrogen functional groups attached to an aromatic ring is 1. The third-order valence-corrected chi connectivity index (χ3v) is 6.08. The summed E-state index contributed by atoms with van der Waals surface area (Å²) in [7, 11) is 0. The van der Waals surface area contributed by atoms with Crippen LogP contribution in [0.2, 0.25) is 0 Å². The Bertz CT molecular complexity index is 1080. The molecular formula is C25H29N4O4S-. The first kappa shape index (κ1) is 25.5. The molecule has 9 heteroatoms. The molecule has 0 saturated heterocycles. The van der Waals surface area contributed by atoms with Crippen molar-refractivity contribution in [3.8, 4) is 11.1 Å². The van der Waals surface area contributed by atoms with Crippen LogP contribution in [0.4, 0.5) is 5.69 Å². The van der Waals surface area contributed by atoms with E-state index in [1.807, 2.05) is 61.5 Å². The van der Waals surface area contributed by atoms with Crippen LogP contribution in [0.3, 0.4) is 0 Å². The normalized spacial score (nSPS) is 12.9. The van der Waals surface area contributed by atoms with E-state index in [1.165, 1.54) is 0 Å². The molecule has 3 rings (SSSR count). The Hall–Kier alpha value is -3.08. The molecule has 4 N–H and O–H groups in total. The monoisotopic (exact) mass is 481 g/mol. The first-order chi connectivity index (χ1) is 16.4. The maximum absolute atomic E-state index is 11.7. The summed E-state index contributed by atoms with van der Waals surface area (Å²) in [5, 5.41) is 11.2. The number of anilines is 1. The highest BCUT2D eigenvalue weighted by Crippen LogP contribution is 2.26. The molecule has 8 nitrogen and oxygen atoms in total. The Morgan fingerprint density at radius 2 is 1.65 bits per heavy atom. The van der Waals surface area contributed by atoms with Crippen LogP contribution >= 0.6 is 0 Å². The van der Waals surface area contributed by atoms with Crippen LogP contribution in [0, 0.1) is 0 Å². The Labute approximate surface area is 202 Å². The summed E-state index contributed by atoms with van der Waals surface area (Å²) in [4.78, 5) is 15.2. The highest BCUT2D eigenvalue weighted by Gasteiger charge is 2.23. The van der Waals surface area contributed by atoms with Crippen molar-refractivity contribution in [1.29, 1.82) is 0 Å². The molecule has 0 saturated carbocycles. The highest BCUT2D eigenvalue weighted by molar-refractivity contribution is 7.79. The van der Waals surface area contributed by atoms with E-state index in [-0.39, 0.29) is 18.2 Å². The van der Waals surface area contributed by atoms with Gasteiger partial charge in [0.2, 0.25) is 0 Å². The third kappa shape index (κ3) is 6.72. The van der Waals surface area contributed by atoms with Crippen LogP contribution < -0.4 is 16.2 Å². The van der Waals surface area contributed by atoms with Gasteiger partial charge in [0.1, 0.15) is 0 Å². The third-order valence-electron chi connectivity index (χ3n) is 5.56. The number of nitrogens with two attached hydrogens (primary N) is 1. The number of carbonyl (C=O) groups is 1. The van der Waals surface area contributed by atoms with Crippen molar-refractivity contribution in [3.63, 3.8) is 0 Å². The van der Waals surface area contributed by atoms with E-state index in [0.29, 0.717) is 18.7 Å². The predicted molar refractivity (Wildman–Crippen MR) is 133 cm³/mol. The SMILES string of the molecule is CCN(CCS(=O)[O-])C(O)N(Cc1ccc(C(=O)NN)cc1)c1ccc(-c2ccccc2)cc1. The van der Waals surface area contributed by atoms with Gasteiger partial charge in [0.25, 0.3) is 5.91 Å². The number of hydrogen-bond acceptors (Lipinski definition) is 7. The standard InChI is InChI=1S/C25H30N4O4S/c1-2-28(16-17-34(32)33)25(31)29(18-19-8-10-22(11-9-19)24(30)27-26)23-14-12-21(13-15-23)20-6-4-3-5-7-20/h3-15,25,31H,2,16-18,26H2,1H3,(H,27,30)(H,32,33)/p-1. The van der Waals surface area contributed by atoms with Crippen molar-refractivity contribution >= 4 is 22.7 Å². The number of amides is 1. The van der Waals surface area contributed by atoms with Crippen LogP contribution in [0.1, 0.15) is 22.8 Å². The van der Waals surface area contributed by atoms with Crippen molar-refractivity contribution in [3.05, 3.63) is 90.0 Å². The van der Waals surface area contributed by atoms with Crippen LogP contribution in [-0.4, -0.2) is 49.9 Å². The summed E-state index contributed by atoms with van der Waals surface area (Å²) in [6, 6.07) is 24.7. The zero-order chi connectivity index (χ0) is 24.5. The molecule has 0 spiro atoms. The van der Waals surface area contributed by atoms with Crippen molar-refractivity contribution in [1.82, 2.24) is 10.3 Å². The van der Waals surface area contributed by atoms with Gasteiger partial charge in [0.15, 0.2) is 6.35 Å². The number of nitrogens with zero attached hydrogens (tertiary/aromatic N) is 2. The van der Waals surface area contributed by atoms with E-state index in [0.717, 1.165) is 22.4 Å². The molecule has 180 valence electrons. The van der Waals surface area contributed by atoms with E-state index in [4.69, 9.17) is 5.84 Å². The molecule has 0 fully saturated rings. The van der Waals surface area contributed by atoms with Crippen molar-refractivity contribution in [2.75, 3.05) is 23.7 Å². The lowest BCUT2D eigenvalue weighted by molar-refractivity contribution is 0.00760. The number of nitrogens with one attached hydrogen (secondary N) is 1. The lowest BCUT2D eigenvalue weighted by Gasteiger charge is -2.37. The van der Waals surface area contributed by atoms with Crippen molar-refractivity contribution in [2.45, 2.75) is 19.8 Å². The van der Waals surface area contributed by atoms with Gasteiger partial charge in [-0.3, -0.25) is 19.3 Å². The summed E-state index contributed by atoms with van der Waals surface area (Å²) in [5.41, 5.74) is 6.31. The van der Waals surface area contributed by atoms with Crippen molar-refractivity contribution < 1.29 is 18.7 Å². The van der Waals surface area contributed by atoms with Crippen LogP contribution in [0.5, 0.6) is 0 Å². The summed E-state index contributed by atoms with van der Waals surface area (Å²) in [5.74, 6) is 4.74. The zero-order valence-corrected chi connectivity index (χ0v) is 19.8.